The van der Waals surface area contributed by atoms with E-state index in [9.17, 15) is 14.0 Å². The Hall–Kier alpha value is -3.09. The zero-order valence-corrected chi connectivity index (χ0v) is 16.3. The highest BCUT2D eigenvalue weighted by Crippen LogP contribution is 2.14. The molecule has 0 saturated carbocycles. The standard InChI is InChI=1S/C22H26FN3O3/c23-17-8-10-20(11-9-17)29-16-4-7-21(27)24-19-12-14-26(15-13-19)22(28)25-18-5-2-1-3-6-18/h1-3,5-6,8-11,19H,4,7,12-16H2,(H,24,27)(H,25,28). The van der Waals surface area contributed by atoms with Crippen molar-refractivity contribution in [2.24, 2.45) is 0 Å². The summed E-state index contributed by atoms with van der Waals surface area (Å²) in [6, 6.07) is 15.1. The molecule has 2 N–H and O–H groups in total. The van der Waals surface area contributed by atoms with Crippen LogP contribution in [-0.2, 0) is 4.79 Å². The van der Waals surface area contributed by atoms with Crippen molar-refractivity contribution in [3.63, 3.8) is 0 Å². The maximum absolute atomic E-state index is 12.8. The molecule has 2 aromatic carbocycles. The van der Waals surface area contributed by atoms with Gasteiger partial charge >= 0.3 is 6.03 Å². The molecule has 0 aliphatic carbocycles. The second kappa shape index (κ2) is 10.5. The van der Waals surface area contributed by atoms with E-state index in [2.05, 4.69) is 10.6 Å². The van der Waals surface area contributed by atoms with Gasteiger partial charge in [0.2, 0.25) is 5.91 Å². The third kappa shape index (κ3) is 6.78. The molecule has 154 valence electrons. The number of carbonyl (C=O) groups is 2. The minimum absolute atomic E-state index is 0.0140. The van der Waals surface area contributed by atoms with Crippen LogP contribution in [0.2, 0.25) is 0 Å². The van der Waals surface area contributed by atoms with Gasteiger partial charge in [-0.25, -0.2) is 9.18 Å². The van der Waals surface area contributed by atoms with Crippen molar-refractivity contribution in [3.05, 3.63) is 60.4 Å². The average molecular weight is 399 g/mol. The van der Waals surface area contributed by atoms with Crippen molar-refractivity contribution in [1.82, 2.24) is 10.2 Å². The predicted molar refractivity (Wildman–Crippen MR) is 109 cm³/mol. The fourth-order valence-corrected chi connectivity index (χ4v) is 3.20. The Morgan fingerprint density at radius 1 is 1.03 bits per heavy atom. The van der Waals surface area contributed by atoms with E-state index >= 15 is 0 Å². The van der Waals surface area contributed by atoms with Crippen molar-refractivity contribution in [3.8, 4) is 5.75 Å². The van der Waals surface area contributed by atoms with Crippen molar-refractivity contribution in [2.75, 3.05) is 25.0 Å². The van der Waals surface area contributed by atoms with Crippen LogP contribution < -0.4 is 15.4 Å². The number of benzene rings is 2. The number of urea groups is 1. The SMILES string of the molecule is O=C(CCCOc1ccc(F)cc1)NC1CCN(C(=O)Nc2ccccc2)CC1. The van der Waals surface area contributed by atoms with Gasteiger partial charge < -0.3 is 20.3 Å². The molecule has 6 nitrogen and oxygen atoms in total. The fraction of sp³-hybridized carbons (Fsp3) is 0.364. The van der Waals surface area contributed by atoms with E-state index in [1.807, 2.05) is 30.3 Å². The molecule has 29 heavy (non-hydrogen) atoms. The summed E-state index contributed by atoms with van der Waals surface area (Å²) in [6.45, 7) is 1.62. The number of carbonyl (C=O) groups excluding carboxylic acids is 2. The van der Waals surface area contributed by atoms with Gasteiger partial charge in [0.25, 0.3) is 0 Å². The number of nitrogens with one attached hydrogen (secondary N) is 2. The lowest BCUT2D eigenvalue weighted by atomic mass is 10.1. The molecule has 0 radical (unpaired) electrons. The number of rotatable bonds is 7. The van der Waals surface area contributed by atoms with E-state index < -0.39 is 0 Å². The molecule has 0 unspecified atom stereocenters. The van der Waals surface area contributed by atoms with Crippen molar-refractivity contribution in [2.45, 2.75) is 31.7 Å². The van der Waals surface area contributed by atoms with Crippen LogP contribution in [0.4, 0.5) is 14.9 Å². The first-order valence-electron chi connectivity index (χ1n) is 9.89. The van der Waals surface area contributed by atoms with E-state index in [-0.39, 0.29) is 23.8 Å². The molecule has 1 aliphatic rings. The zero-order chi connectivity index (χ0) is 20.5. The molecule has 1 aliphatic heterocycles. The second-order valence-corrected chi connectivity index (χ2v) is 7.03. The minimum atomic E-state index is -0.305. The number of anilines is 1. The van der Waals surface area contributed by atoms with Gasteiger partial charge in [-0.05, 0) is 55.7 Å². The third-order valence-electron chi connectivity index (χ3n) is 4.80. The van der Waals surface area contributed by atoms with Gasteiger partial charge in [-0.15, -0.1) is 0 Å². The first-order valence-corrected chi connectivity index (χ1v) is 9.89. The summed E-state index contributed by atoms with van der Waals surface area (Å²) in [6.07, 6.45) is 2.43. The molecule has 7 heteroatoms. The number of nitrogens with zero attached hydrogens (tertiary/aromatic N) is 1. The molecule has 3 rings (SSSR count). The quantitative estimate of drug-likeness (QED) is 0.696. The minimum Gasteiger partial charge on any atom is -0.494 e. The molecule has 0 atom stereocenters. The maximum Gasteiger partial charge on any atom is 0.321 e. The summed E-state index contributed by atoms with van der Waals surface area (Å²) >= 11 is 0. The summed E-state index contributed by atoms with van der Waals surface area (Å²) in [4.78, 5) is 26.2. The Bertz CT molecular complexity index is 791. The third-order valence-corrected chi connectivity index (χ3v) is 4.80. The van der Waals surface area contributed by atoms with Crippen LogP contribution >= 0.6 is 0 Å². The summed E-state index contributed by atoms with van der Waals surface area (Å²) in [7, 11) is 0. The van der Waals surface area contributed by atoms with E-state index in [0.717, 1.165) is 18.5 Å². The Morgan fingerprint density at radius 3 is 2.41 bits per heavy atom. The Morgan fingerprint density at radius 2 is 1.72 bits per heavy atom. The van der Waals surface area contributed by atoms with Gasteiger partial charge in [-0.2, -0.15) is 0 Å². The number of hydrogen-bond acceptors (Lipinski definition) is 3. The van der Waals surface area contributed by atoms with Gasteiger partial charge in [0.15, 0.2) is 0 Å². The highest BCUT2D eigenvalue weighted by molar-refractivity contribution is 5.89. The maximum atomic E-state index is 12.8. The molecule has 1 saturated heterocycles. The van der Waals surface area contributed by atoms with E-state index in [1.54, 1.807) is 17.0 Å². The van der Waals surface area contributed by atoms with Crippen LogP contribution in [0.15, 0.2) is 54.6 Å². The highest BCUT2D eigenvalue weighted by atomic mass is 19.1. The summed E-state index contributed by atoms with van der Waals surface area (Å²) in [5, 5.41) is 5.91. The first-order chi connectivity index (χ1) is 14.1. The topological polar surface area (TPSA) is 70.7 Å². The molecule has 2 aromatic rings. The van der Waals surface area contributed by atoms with Crippen molar-refractivity contribution in [1.29, 1.82) is 0 Å². The number of para-hydroxylation sites is 1. The van der Waals surface area contributed by atoms with Crippen molar-refractivity contribution < 1.29 is 18.7 Å². The van der Waals surface area contributed by atoms with Crippen LogP contribution in [-0.4, -0.2) is 42.6 Å². The summed E-state index contributed by atoms with van der Waals surface area (Å²) < 4.78 is 18.3. The van der Waals surface area contributed by atoms with E-state index in [4.69, 9.17) is 4.74 Å². The fourth-order valence-electron chi connectivity index (χ4n) is 3.20. The van der Waals surface area contributed by atoms with Gasteiger partial charge in [0.05, 0.1) is 6.61 Å². The lowest BCUT2D eigenvalue weighted by Crippen LogP contribution is -2.47. The second-order valence-electron chi connectivity index (χ2n) is 7.03. The van der Waals surface area contributed by atoms with Crippen LogP contribution in [0.1, 0.15) is 25.7 Å². The number of hydrogen-bond donors (Lipinski definition) is 2. The highest BCUT2D eigenvalue weighted by Gasteiger charge is 2.23. The van der Waals surface area contributed by atoms with Gasteiger partial charge in [-0.3, -0.25) is 4.79 Å². The number of amides is 3. The van der Waals surface area contributed by atoms with Crippen LogP contribution in [0.3, 0.4) is 0 Å². The van der Waals surface area contributed by atoms with Crippen molar-refractivity contribution >= 4 is 17.6 Å². The van der Waals surface area contributed by atoms with E-state index in [0.29, 0.717) is 38.3 Å². The lowest BCUT2D eigenvalue weighted by Gasteiger charge is -2.32. The lowest BCUT2D eigenvalue weighted by molar-refractivity contribution is -0.122. The molecule has 1 fully saturated rings. The normalized spacial score (nSPS) is 14.3. The molecular weight excluding hydrogens is 373 g/mol. The molecule has 1 heterocycles. The van der Waals surface area contributed by atoms with Gasteiger partial charge in [0.1, 0.15) is 11.6 Å². The Kier molecular flexibility index (Phi) is 7.44. The number of ether oxygens (including phenoxy) is 1. The molecule has 0 bridgehead atoms. The first kappa shape index (κ1) is 20.6. The Labute approximate surface area is 170 Å². The smallest absolute Gasteiger partial charge is 0.321 e. The van der Waals surface area contributed by atoms with Crippen LogP contribution in [0.5, 0.6) is 5.75 Å². The van der Waals surface area contributed by atoms with Gasteiger partial charge in [-0.1, -0.05) is 18.2 Å². The molecular formula is C22H26FN3O3. The number of piperidine rings is 1. The number of likely N-dealkylation sites (tertiary alicyclic amines) is 1. The molecule has 0 spiro atoms. The molecule has 3 amide bonds. The number of halogens is 1. The van der Waals surface area contributed by atoms with Crippen LogP contribution in [0, 0.1) is 5.82 Å². The molecule has 0 aromatic heterocycles. The van der Waals surface area contributed by atoms with Crippen LogP contribution in [0.25, 0.3) is 0 Å². The Balaban J connectivity index is 1.30. The monoisotopic (exact) mass is 399 g/mol. The largest absolute Gasteiger partial charge is 0.494 e. The summed E-state index contributed by atoms with van der Waals surface area (Å²) in [5.74, 6) is 0.271. The zero-order valence-electron chi connectivity index (χ0n) is 16.3. The van der Waals surface area contributed by atoms with Gasteiger partial charge in [0, 0.05) is 31.2 Å². The predicted octanol–water partition coefficient (Wildman–Crippen LogP) is 3.80. The average Bonchev–Trinajstić information content (AvgIpc) is 2.74. The summed E-state index contributed by atoms with van der Waals surface area (Å²) in [5.41, 5.74) is 0.774. The van der Waals surface area contributed by atoms with E-state index in [1.165, 1.54) is 12.1 Å².